The molecule has 1 aliphatic carbocycles. The van der Waals surface area contributed by atoms with E-state index in [9.17, 15) is 8.42 Å². The van der Waals surface area contributed by atoms with E-state index in [-0.39, 0.29) is 12.0 Å². The molecule has 21 heavy (non-hydrogen) atoms. The maximum Gasteiger partial charge on any atom is 0.208 e. The van der Waals surface area contributed by atoms with Gasteiger partial charge < -0.3 is 15.8 Å². The monoisotopic (exact) mass is 320 g/mol. The summed E-state index contributed by atoms with van der Waals surface area (Å²) >= 11 is 0. The van der Waals surface area contributed by atoms with Gasteiger partial charge in [0, 0.05) is 32.3 Å². The van der Waals surface area contributed by atoms with E-state index in [1.165, 1.54) is 6.26 Å². The summed E-state index contributed by atoms with van der Waals surface area (Å²) in [5.74, 6) is 0.639. The maximum absolute atomic E-state index is 11.3. The van der Waals surface area contributed by atoms with Gasteiger partial charge in [0.1, 0.15) is 0 Å². The highest BCUT2D eigenvalue weighted by Crippen LogP contribution is 2.26. The lowest BCUT2D eigenvalue weighted by molar-refractivity contribution is 0.145. The summed E-state index contributed by atoms with van der Waals surface area (Å²) in [6, 6.07) is -0.0190. The summed E-state index contributed by atoms with van der Waals surface area (Å²) in [5.41, 5.74) is 5.80. The molecular weight excluding hydrogens is 292 g/mol. The predicted octanol–water partition coefficient (Wildman–Crippen LogP) is 0.0352. The van der Waals surface area contributed by atoms with E-state index in [2.05, 4.69) is 15.0 Å². The normalized spacial score (nSPS) is 23.4. The second kappa shape index (κ2) is 9.22. The molecule has 2 atom stereocenters. The zero-order valence-corrected chi connectivity index (χ0v) is 13.8. The molecule has 1 fully saturated rings. The van der Waals surface area contributed by atoms with Gasteiger partial charge in [0.05, 0.1) is 6.26 Å². The Balaban J connectivity index is 2.29. The third-order valence-corrected chi connectivity index (χ3v) is 4.23. The fraction of sp³-hybridized carbons (Fsp3) is 0.923. The molecule has 0 aromatic rings. The minimum atomic E-state index is -3.16. The minimum absolute atomic E-state index is 0.0190. The van der Waals surface area contributed by atoms with Crippen molar-refractivity contribution in [1.82, 2.24) is 10.0 Å². The van der Waals surface area contributed by atoms with Gasteiger partial charge in [-0.2, -0.15) is 0 Å². The Morgan fingerprint density at radius 2 is 2.19 bits per heavy atom. The number of sulfonamides is 1. The quantitative estimate of drug-likeness (QED) is 0.316. The SMILES string of the molecule is CCOCCCNC(N)=NCC1CCCC1NS(C)(=O)=O. The molecule has 0 aromatic carbocycles. The number of nitrogens with zero attached hydrogens (tertiary/aromatic N) is 1. The van der Waals surface area contributed by atoms with Gasteiger partial charge in [0.25, 0.3) is 0 Å². The van der Waals surface area contributed by atoms with Gasteiger partial charge in [-0.05, 0) is 32.1 Å². The van der Waals surface area contributed by atoms with Crippen LogP contribution in [0.4, 0.5) is 0 Å². The first-order chi connectivity index (χ1) is 9.92. The Morgan fingerprint density at radius 3 is 2.86 bits per heavy atom. The van der Waals surface area contributed by atoms with Crippen molar-refractivity contribution in [1.29, 1.82) is 0 Å². The summed E-state index contributed by atoms with van der Waals surface area (Å²) in [6.45, 7) is 4.67. The lowest BCUT2D eigenvalue weighted by Crippen LogP contribution is -2.38. The Bertz CT molecular complexity index is 425. The van der Waals surface area contributed by atoms with E-state index in [0.29, 0.717) is 19.1 Å². The number of hydrogen-bond donors (Lipinski definition) is 3. The molecule has 7 nitrogen and oxygen atoms in total. The van der Waals surface area contributed by atoms with Crippen molar-refractivity contribution in [2.45, 2.75) is 38.6 Å². The highest BCUT2D eigenvalue weighted by Gasteiger charge is 2.29. The highest BCUT2D eigenvalue weighted by atomic mass is 32.2. The van der Waals surface area contributed by atoms with Crippen LogP contribution in [0.3, 0.4) is 0 Å². The third-order valence-electron chi connectivity index (χ3n) is 3.50. The van der Waals surface area contributed by atoms with Crippen molar-refractivity contribution in [3.05, 3.63) is 0 Å². The van der Waals surface area contributed by atoms with E-state index in [1.54, 1.807) is 0 Å². The standard InChI is InChI=1S/C13H28N4O3S/c1-3-20-9-5-8-15-13(14)16-10-11-6-4-7-12(11)17-21(2,18)19/h11-12,17H,3-10H2,1-2H3,(H3,14,15,16). The first-order valence-corrected chi connectivity index (χ1v) is 9.40. The van der Waals surface area contributed by atoms with Gasteiger partial charge in [0.15, 0.2) is 5.96 Å². The van der Waals surface area contributed by atoms with Crippen molar-refractivity contribution in [3.63, 3.8) is 0 Å². The molecular formula is C13H28N4O3S. The minimum Gasteiger partial charge on any atom is -0.382 e. The van der Waals surface area contributed by atoms with Crippen LogP contribution in [0.15, 0.2) is 4.99 Å². The lowest BCUT2D eigenvalue weighted by Gasteiger charge is -2.18. The molecule has 124 valence electrons. The van der Waals surface area contributed by atoms with Gasteiger partial charge in [-0.3, -0.25) is 4.99 Å². The van der Waals surface area contributed by atoms with Crippen LogP contribution in [0.1, 0.15) is 32.6 Å². The molecule has 1 rings (SSSR count). The Labute approximate surface area is 127 Å². The van der Waals surface area contributed by atoms with Crippen molar-refractivity contribution < 1.29 is 13.2 Å². The van der Waals surface area contributed by atoms with Crippen LogP contribution in [-0.2, 0) is 14.8 Å². The average Bonchev–Trinajstić information content (AvgIpc) is 2.81. The summed E-state index contributed by atoms with van der Waals surface area (Å²) in [5, 5.41) is 3.04. The first kappa shape index (κ1) is 18.2. The van der Waals surface area contributed by atoms with Crippen LogP contribution >= 0.6 is 0 Å². The summed E-state index contributed by atoms with van der Waals surface area (Å²) < 4.78 is 30.5. The van der Waals surface area contributed by atoms with Gasteiger partial charge in [-0.25, -0.2) is 13.1 Å². The van der Waals surface area contributed by atoms with E-state index in [4.69, 9.17) is 10.5 Å². The molecule has 1 aliphatic rings. The fourth-order valence-corrected chi connectivity index (χ4v) is 3.35. The van der Waals surface area contributed by atoms with Crippen LogP contribution in [0, 0.1) is 5.92 Å². The molecule has 2 unspecified atom stereocenters. The number of ether oxygens (including phenoxy) is 1. The zero-order chi connectivity index (χ0) is 15.7. The largest absolute Gasteiger partial charge is 0.382 e. The topological polar surface area (TPSA) is 106 Å². The highest BCUT2D eigenvalue weighted by molar-refractivity contribution is 7.88. The molecule has 1 saturated carbocycles. The predicted molar refractivity (Wildman–Crippen MR) is 84.7 cm³/mol. The number of nitrogens with one attached hydrogen (secondary N) is 2. The first-order valence-electron chi connectivity index (χ1n) is 7.51. The number of nitrogens with two attached hydrogens (primary N) is 1. The van der Waals surface area contributed by atoms with Crippen molar-refractivity contribution in [3.8, 4) is 0 Å². The third kappa shape index (κ3) is 8.23. The average molecular weight is 320 g/mol. The van der Waals surface area contributed by atoms with E-state index in [0.717, 1.165) is 38.8 Å². The molecule has 0 heterocycles. The van der Waals surface area contributed by atoms with E-state index < -0.39 is 10.0 Å². The molecule has 0 aromatic heterocycles. The molecule has 0 saturated heterocycles. The fourth-order valence-electron chi connectivity index (χ4n) is 2.49. The Morgan fingerprint density at radius 1 is 1.43 bits per heavy atom. The number of guanidine groups is 1. The molecule has 0 spiro atoms. The number of aliphatic imine (C=N–C) groups is 1. The van der Waals surface area contributed by atoms with Gasteiger partial charge in [-0.1, -0.05) is 6.42 Å². The summed E-state index contributed by atoms with van der Waals surface area (Å²) in [4.78, 5) is 4.31. The van der Waals surface area contributed by atoms with Gasteiger partial charge in [-0.15, -0.1) is 0 Å². The van der Waals surface area contributed by atoms with Crippen LogP contribution in [0.25, 0.3) is 0 Å². The van der Waals surface area contributed by atoms with Crippen LogP contribution in [0.2, 0.25) is 0 Å². The lowest BCUT2D eigenvalue weighted by atomic mass is 10.1. The molecule has 4 N–H and O–H groups in total. The van der Waals surface area contributed by atoms with Gasteiger partial charge in [0.2, 0.25) is 10.0 Å². The maximum atomic E-state index is 11.3. The zero-order valence-electron chi connectivity index (χ0n) is 13.0. The summed E-state index contributed by atoms with van der Waals surface area (Å²) in [6.07, 6.45) is 4.95. The Kier molecular flexibility index (Phi) is 7.98. The van der Waals surface area contributed by atoms with Crippen molar-refractivity contribution >= 4 is 16.0 Å². The molecule has 0 amide bonds. The molecule has 0 aliphatic heterocycles. The van der Waals surface area contributed by atoms with Gasteiger partial charge >= 0.3 is 0 Å². The van der Waals surface area contributed by atoms with Crippen molar-refractivity contribution in [2.75, 3.05) is 32.6 Å². The summed E-state index contributed by atoms with van der Waals surface area (Å²) in [7, 11) is -3.16. The number of rotatable bonds is 9. The second-order valence-electron chi connectivity index (χ2n) is 5.39. The molecule has 0 radical (unpaired) electrons. The van der Waals surface area contributed by atoms with Crippen molar-refractivity contribution in [2.24, 2.45) is 16.6 Å². The van der Waals surface area contributed by atoms with Crippen LogP contribution in [0.5, 0.6) is 0 Å². The van der Waals surface area contributed by atoms with Crippen LogP contribution in [-0.4, -0.2) is 53.0 Å². The smallest absolute Gasteiger partial charge is 0.208 e. The van der Waals surface area contributed by atoms with E-state index in [1.807, 2.05) is 6.92 Å². The van der Waals surface area contributed by atoms with Crippen LogP contribution < -0.4 is 15.8 Å². The van der Waals surface area contributed by atoms with E-state index >= 15 is 0 Å². The Hall–Kier alpha value is -0.860. The molecule has 8 heteroatoms. The number of hydrogen-bond acceptors (Lipinski definition) is 4. The second-order valence-corrected chi connectivity index (χ2v) is 7.17. The molecule has 0 bridgehead atoms.